The number of thiophene rings is 1. The zero-order valence-electron chi connectivity index (χ0n) is 12.8. The van der Waals surface area contributed by atoms with Gasteiger partial charge >= 0.3 is 0 Å². The second kappa shape index (κ2) is 6.27. The topological polar surface area (TPSA) is 63.4 Å². The highest BCUT2D eigenvalue weighted by Gasteiger charge is 2.22. The van der Waals surface area contributed by atoms with Crippen LogP contribution in [0.25, 0.3) is 10.8 Å². The molecule has 7 heteroatoms. The molecule has 120 valence electrons. The molecule has 0 aliphatic heterocycles. The lowest BCUT2D eigenvalue weighted by Crippen LogP contribution is -2.26. The number of aromatic nitrogens is 1. The Morgan fingerprint density at radius 2 is 1.96 bits per heavy atom. The molecule has 0 saturated heterocycles. The largest absolute Gasteiger partial charge is 0.444 e. The molecule has 0 radical (unpaired) electrons. The number of rotatable bonds is 5. The predicted molar refractivity (Wildman–Crippen MR) is 89.6 cm³/mol. The first-order chi connectivity index (χ1) is 11.0. The molecule has 5 nitrogen and oxygen atoms in total. The van der Waals surface area contributed by atoms with Gasteiger partial charge in [-0.2, -0.15) is 4.31 Å². The van der Waals surface area contributed by atoms with Crippen molar-refractivity contribution in [2.24, 2.45) is 0 Å². The van der Waals surface area contributed by atoms with Gasteiger partial charge in [0.2, 0.25) is 15.9 Å². The molecule has 3 rings (SSSR count). The quantitative estimate of drug-likeness (QED) is 0.707. The zero-order chi connectivity index (χ0) is 16.4. The van der Waals surface area contributed by atoms with Gasteiger partial charge in [0.1, 0.15) is 6.26 Å². The number of hydrogen-bond acceptors (Lipinski definition) is 5. The summed E-state index contributed by atoms with van der Waals surface area (Å²) in [6, 6.07) is 10.6. The molecule has 0 spiro atoms. The van der Waals surface area contributed by atoms with E-state index in [1.807, 2.05) is 24.4 Å². The summed E-state index contributed by atoms with van der Waals surface area (Å²) < 4.78 is 31.8. The Morgan fingerprint density at radius 1 is 1.22 bits per heavy atom. The first kappa shape index (κ1) is 15.9. The van der Waals surface area contributed by atoms with Crippen molar-refractivity contribution >= 4 is 21.4 Å². The summed E-state index contributed by atoms with van der Waals surface area (Å²) in [7, 11) is -2.01. The van der Waals surface area contributed by atoms with Crippen LogP contribution < -0.4 is 0 Å². The van der Waals surface area contributed by atoms with Crippen LogP contribution in [-0.2, 0) is 16.6 Å². The Balaban J connectivity index is 1.78. The third-order valence-corrected chi connectivity index (χ3v) is 6.07. The Bertz CT molecular complexity index is 882. The average molecular weight is 348 g/mol. The van der Waals surface area contributed by atoms with E-state index in [1.54, 1.807) is 24.3 Å². The number of aryl methyl sites for hydroxylation is 1. The highest BCUT2D eigenvalue weighted by atomic mass is 32.2. The smallest absolute Gasteiger partial charge is 0.243 e. The second-order valence-electron chi connectivity index (χ2n) is 5.20. The van der Waals surface area contributed by atoms with E-state index in [-0.39, 0.29) is 11.4 Å². The third kappa shape index (κ3) is 3.36. The van der Waals surface area contributed by atoms with Gasteiger partial charge in [-0.15, -0.1) is 11.3 Å². The fraction of sp³-hybridized carbons (Fsp3) is 0.188. The van der Waals surface area contributed by atoms with E-state index in [1.165, 1.54) is 29.0 Å². The number of benzene rings is 1. The van der Waals surface area contributed by atoms with E-state index in [0.717, 1.165) is 10.4 Å². The van der Waals surface area contributed by atoms with E-state index >= 15 is 0 Å². The van der Waals surface area contributed by atoms with Crippen LogP contribution in [0.5, 0.6) is 0 Å². The SMILES string of the molecule is Cc1ccc(S(=O)(=O)N(C)Cc2coc(-c3cccs3)n2)cc1. The van der Waals surface area contributed by atoms with Crippen LogP contribution in [0, 0.1) is 6.92 Å². The van der Waals surface area contributed by atoms with Gasteiger partial charge in [0.15, 0.2) is 0 Å². The first-order valence-corrected chi connectivity index (χ1v) is 9.30. The Labute approximate surface area is 139 Å². The number of sulfonamides is 1. The predicted octanol–water partition coefficient (Wildman–Crippen LogP) is 3.53. The van der Waals surface area contributed by atoms with Crippen molar-refractivity contribution < 1.29 is 12.8 Å². The van der Waals surface area contributed by atoms with Gasteiger partial charge in [0.05, 0.1) is 22.0 Å². The average Bonchev–Trinajstić information content (AvgIpc) is 3.18. The van der Waals surface area contributed by atoms with Crippen LogP contribution in [0.3, 0.4) is 0 Å². The lowest BCUT2D eigenvalue weighted by atomic mass is 10.2. The number of nitrogens with zero attached hydrogens (tertiary/aromatic N) is 2. The maximum atomic E-state index is 12.6. The molecule has 0 saturated carbocycles. The molecular formula is C16H16N2O3S2. The number of hydrogen-bond donors (Lipinski definition) is 0. The minimum absolute atomic E-state index is 0.158. The Kier molecular flexibility index (Phi) is 4.34. The maximum Gasteiger partial charge on any atom is 0.243 e. The van der Waals surface area contributed by atoms with E-state index < -0.39 is 10.0 Å². The molecule has 0 aliphatic rings. The lowest BCUT2D eigenvalue weighted by molar-refractivity contribution is 0.461. The maximum absolute atomic E-state index is 12.6. The van der Waals surface area contributed by atoms with Crippen molar-refractivity contribution in [3.8, 4) is 10.8 Å². The van der Waals surface area contributed by atoms with Crippen molar-refractivity contribution in [2.45, 2.75) is 18.4 Å². The van der Waals surface area contributed by atoms with Crippen LogP contribution in [0.15, 0.2) is 57.4 Å². The summed E-state index contributed by atoms with van der Waals surface area (Å²) in [4.78, 5) is 5.54. The summed E-state index contributed by atoms with van der Waals surface area (Å²) in [5, 5.41) is 1.94. The Morgan fingerprint density at radius 3 is 2.61 bits per heavy atom. The van der Waals surface area contributed by atoms with Gasteiger partial charge in [-0.1, -0.05) is 23.8 Å². The molecule has 0 atom stereocenters. The van der Waals surface area contributed by atoms with Gasteiger partial charge in [-0.3, -0.25) is 0 Å². The highest BCUT2D eigenvalue weighted by molar-refractivity contribution is 7.89. The molecule has 2 heterocycles. The summed E-state index contributed by atoms with van der Waals surface area (Å²) in [5.74, 6) is 0.510. The molecule has 0 aliphatic carbocycles. The van der Waals surface area contributed by atoms with Gasteiger partial charge in [-0.05, 0) is 30.5 Å². The fourth-order valence-electron chi connectivity index (χ4n) is 2.10. The summed E-state index contributed by atoms with van der Waals surface area (Å²) in [5.41, 5.74) is 1.59. The van der Waals surface area contributed by atoms with E-state index in [0.29, 0.717) is 11.6 Å². The first-order valence-electron chi connectivity index (χ1n) is 6.98. The normalized spacial score (nSPS) is 12.0. The van der Waals surface area contributed by atoms with Crippen molar-refractivity contribution in [1.82, 2.24) is 9.29 Å². The Hall–Kier alpha value is -1.96. The molecule has 23 heavy (non-hydrogen) atoms. The van der Waals surface area contributed by atoms with Crippen LogP contribution in [0.1, 0.15) is 11.3 Å². The van der Waals surface area contributed by atoms with Gasteiger partial charge in [0, 0.05) is 7.05 Å². The minimum Gasteiger partial charge on any atom is -0.444 e. The van der Waals surface area contributed by atoms with Crippen LogP contribution in [0.2, 0.25) is 0 Å². The van der Waals surface area contributed by atoms with Gasteiger partial charge in [0.25, 0.3) is 0 Å². The van der Waals surface area contributed by atoms with Crippen LogP contribution in [0.4, 0.5) is 0 Å². The van der Waals surface area contributed by atoms with Crippen molar-refractivity contribution in [2.75, 3.05) is 7.05 Å². The fourth-order valence-corrected chi connectivity index (χ4v) is 3.89. The van der Waals surface area contributed by atoms with E-state index in [2.05, 4.69) is 4.98 Å². The molecule has 0 unspecified atom stereocenters. The molecule has 3 aromatic rings. The number of oxazole rings is 1. The monoisotopic (exact) mass is 348 g/mol. The summed E-state index contributed by atoms with van der Waals surface area (Å²) >= 11 is 1.52. The van der Waals surface area contributed by atoms with E-state index in [4.69, 9.17) is 4.42 Å². The van der Waals surface area contributed by atoms with Crippen LogP contribution >= 0.6 is 11.3 Å². The van der Waals surface area contributed by atoms with Gasteiger partial charge in [-0.25, -0.2) is 13.4 Å². The standard InChI is InChI=1S/C16H16N2O3S2/c1-12-5-7-14(8-6-12)23(19,20)18(2)10-13-11-21-16(17-13)15-4-3-9-22-15/h3-9,11H,10H2,1-2H3. The van der Waals surface area contributed by atoms with Gasteiger partial charge < -0.3 is 4.42 Å². The molecular weight excluding hydrogens is 332 g/mol. The molecule has 1 aromatic carbocycles. The molecule has 0 fully saturated rings. The summed E-state index contributed by atoms with van der Waals surface area (Å²) in [6.07, 6.45) is 1.50. The van der Waals surface area contributed by atoms with Crippen molar-refractivity contribution in [1.29, 1.82) is 0 Å². The lowest BCUT2D eigenvalue weighted by Gasteiger charge is -2.15. The van der Waals surface area contributed by atoms with Crippen molar-refractivity contribution in [3.05, 3.63) is 59.3 Å². The third-order valence-electron chi connectivity index (χ3n) is 3.40. The minimum atomic E-state index is -3.54. The molecule has 0 N–H and O–H groups in total. The second-order valence-corrected chi connectivity index (χ2v) is 8.19. The molecule has 2 aromatic heterocycles. The highest BCUT2D eigenvalue weighted by Crippen LogP contribution is 2.24. The molecule has 0 amide bonds. The molecule has 0 bridgehead atoms. The van der Waals surface area contributed by atoms with Crippen LogP contribution in [-0.4, -0.2) is 24.8 Å². The van der Waals surface area contributed by atoms with Crippen molar-refractivity contribution in [3.63, 3.8) is 0 Å². The zero-order valence-corrected chi connectivity index (χ0v) is 14.4. The van der Waals surface area contributed by atoms with E-state index in [9.17, 15) is 8.42 Å². The summed E-state index contributed by atoms with van der Waals surface area (Å²) in [6.45, 7) is 2.08.